The standard InChI is InChI=1S/C13H10BrNS2/c14-12-7-5-9(16-12)6-8-13-15-10-3-1-2-4-11(10)17-13/h1-8,13,15H/b8-6+. The number of thiophene rings is 1. The third kappa shape index (κ3) is 2.59. The highest BCUT2D eigenvalue weighted by Gasteiger charge is 2.17. The average molecular weight is 324 g/mol. The highest BCUT2D eigenvalue weighted by molar-refractivity contribution is 9.11. The van der Waals surface area contributed by atoms with Crippen molar-refractivity contribution in [3.63, 3.8) is 0 Å². The second-order valence-corrected chi connectivity index (χ2v) is 7.36. The number of rotatable bonds is 2. The van der Waals surface area contributed by atoms with Crippen LogP contribution in [0.4, 0.5) is 5.69 Å². The Balaban J connectivity index is 1.71. The summed E-state index contributed by atoms with van der Waals surface area (Å²) in [6.07, 6.45) is 4.38. The van der Waals surface area contributed by atoms with Crippen molar-refractivity contribution in [2.24, 2.45) is 0 Å². The van der Waals surface area contributed by atoms with E-state index in [0.29, 0.717) is 5.37 Å². The minimum absolute atomic E-state index is 0.341. The van der Waals surface area contributed by atoms with E-state index in [-0.39, 0.29) is 0 Å². The lowest BCUT2D eigenvalue weighted by Crippen LogP contribution is -2.04. The number of nitrogens with one attached hydrogen (secondary N) is 1. The van der Waals surface area contributed by atoms with E-state index in [9.17, 15) is 0 Å². The smallest absolute Gasteiger partial charge is 0.0960 e. The molecule has 1 aromatic heterocycles. The summed E-state index contributed by atoms with van der Waals surface area (Å²) >= 11 is 7.08. The van der Waals surface area contributed by atoms with Crippen LogP contribution in [0.3, 0.4) is 0 Å². The topological polar surface area (TPSA) is 12.0 Å². The molecule has 0 saturated heterocycles. The molecule has 1 nitrogen and oxygen atoms in total. The fourth-order valence-corrected chi connectivity index (χ4v) is 4.06. The van der Waals surface area contributed by atoms with Crippen molar-refractivity contribution in [3.05, 3.63) is 51.1 Å². The van der Waals surface area contributed by atoms with Gasteiger partial charge in [-0.3, -0.25) is 0 Å². The van der Waals surface area contributed by atoms with Crippen LogP contribution in [-0.4, -0.2) is 5.37 Å². The van der Waals surface area contributed by atoms with Crippen LogP contribution >= 0.6 is 39.0 Å². The Bertz CT molecular complexity index is 537. The summed E-state index contributed by atoms with van der Waals surface area (Å²) in [5, 5.41) is 3.82. The van der Waals surface area contributed by atoms with Crippen molar-refractivity contribution in [2.45, 2.75) is 10.3 Å². The first kappa shape index (κ1) is 11.4. The molecule has 0 radical (unpaired) electrons. The minimum Gasteiger partial charge on any atom is -0.369 e. The molecule has 1 atom stereocenters. The van der Waals surface area contributed by atoms with Crippen LogP contribution in [-0.2, 0) is 0 Å². The van der Waals surface area contributed by atoms with E-state index in [2.05, 4.69) is 69.8 Å². The van der Waals surface area contributed by atoms with E-state index < -0.39 is 0 Å². The van der Waals surface area contributed by atoms with Crippen molar-refractivity contribution in [1.82, 2.24) is 0 Å². The maximum atomic E-state index is 3.48. The maximum Gasteiger partial charge on any atom is 0.0960 e. The normalized spacial score (nSPS) is 18.3. The molecule has 2 aromatic rings. The maximum absolute atomic E-state index is 3.48. The van der Waals surface area contributed by atoms with Crippen LogP contribution < -0.4 is 5.32 Å². The summed E-state index contributed by atoms with van der Waals surface area (Å²) in [7, 11) is 0. The van der Waals surface area contributed by atoms with Crippen molar-refractivity contribution in [3.8, 4) is 0 Å². The number of benzene rings is 1. The molecule has 0 saturated carbocycles. The number of anilines is 1. The Morgan fingerprint density at radius 3 is 2.82 bits per heavy atom. The first-order valence-corrected chi connectivity index (χ1v) is 7.76. The molecule has 4 heteroatoms. The lowest BCUT2D eigenvalue weighted by atomic mass is 10.3. The van der Waals surface area contributed by atoms with Gasteiger partial charge in [-0.2, -0.15) is 0 Å². The molecular formula is C13H10BrNS2. The molecule has 0 bridgehead atoms. The van der Waals surface area contributed by atoms with E-state index >= 15 is 0 Å². The third-order valence-electron chi connectivity index (χ3n) is 2.47. The lowest BCUT2D eigenvalue weighted by molar-refractivity contribution is 1.28. The van der Waals surface area contributed by atoms with Gasteiger partial charge < -0.3 is 5.32 Å². The van der Waals surface area contributed by atoms with Gasteiger partial charge in [0.25, 0.3) is 0 Å². The van der Waals surface area contributed by atoms with E-state index in [0.717, 1.165) is 0 Å². The molecule has 1 aliphatic rings. The van der Waals surface area contributed by atoms with Gasteiger partial charge in [0.2, 0.25) is 0 Å². The van der Waals surface area contributed by atoms with Gasteiger partial charge >= 0.3 is 0 Å². The number of para-hydroxylation sites is 1. The van der Waals surface area contributed by atoms with Gasteiger partial charge in [0, 0.05) is 15.5 Å². The van der Waals surface area contributed by atoms with Crippen molar-refractivity contribution >= 4 is 50.8 Å². The largest absolute Gasteiger partial charge is 0.369 e. The summed E-state index contributed by atoms with van der Waals surface area (Å²) in [4.78, 5) is 2.60. The predicted octanol–water partition coefficient (Wildman–Crippen LogP) is 5.07. The molecule has 0 spiro atoms. The summed E-state index contributed by atoms with van der Waals surface area (Å²) in [5.74, 6) is 0. The molecular weight excluding hydrogens is 314 g/mol. The van der Waals surface area contributed by atoms with Crippen molar-refractivity contribution in [1.29, 1.82) is 0 Å². The highest BCUT2D eigenvalue weighted by Crippen LogP contribution is 2.38. The van der Waals surface area contributed by atoms with E-state index in [1.165, 1.54) is 19.2 Å². The van der Waals surface area contributed by atoms with Gasteiger partial charge in [-0.15, -0.1) is 11.3 Å². The first-order valence-electron chi connectivity index (χ1n) is 5.27. The Kier molecular flexibility index (Phi) is 3.27. The van der Waals surface area contributed by atoms with Crippen LogP contribution in [0, 0.1) is 0 Å². The Labute approximate surface area is 117 Å². The molecule has 0 fully saturated rings. The van der Waals surface area contributed by atoms with Crippen LogP contribution in [0.15, 0.2) is 51.2 Å². The second-order valence-electron chi connectivity index (χ2n) is 3.68. The first-order chi connectivity index (χ1) is 8.31. The third-order valence-corrected chi connectivity index (χ3v) is 5.20. The molecule has 1 aromatic carbocycles. The van der Waals surface area contributed by atoms with E-state index in [4.69, 9.17) is 0 Å². The summed E-state index contributed by atoms with van der Waals surface area (Å²) < 4.78 is 1.17. The zero-order valence-corrected chi connectivity index (χ0v) is 12.1. The Morgan fingerprint density at radius 2 is 2.06 bits per heavy atom. The zero-order valence-electron chi connectivity index (χ0n) is 8.89. The van der Waals surface area contributed by atoms with Gasteiger partial charge in [-0.05, 0) is 46.3 Å². The highest BCUT2D eigenvalue weighted by atomic mass is 79.9. The molecule has 2 heterocycles. The molecule has 3 rings (SSSR count). The molecule has 86 valence electrons. The molecule has 0 aliphatic carbocycles. The van der Waals surface area contributed by atoms with Crippen LogP contribution in [0.1, 0.15) is 4.88 Å². The lowest BCUT2D eigenvalue weighted by Gasteiger charge is -2.02. The SMILES string of the molecule is Brc1ccc(/C=C/C2Nc3ccccc3S2)s1. The molecule has 17 heavy (non-hydrogen) atoms. The number of thioether (sulfide) groups is 1. The predicted molar refractivity (Wildman–Crippen MR) is 80.8 cm³/mol. The van der Waals surface area contributed by atoms with E-state index in [1.807, 2.05) is 11.8 Å². The van der Waals surface area contributed by atoms with Gasteiger partial charge in [-0.1, -0.05) is 30.0 Å². The van der Waals surface area contributed by atoms with Crippen molar-refractivity contribution < 1.29 is 0 Å². The number of hydrogen-bond donors (Lipinski definition) is 1. The minimum atomic E-state index is 0.341. The quantitative estimate of drug-likeness (QED) is 0.828. The Morgan fingerprint density at radius 1 is 1.18 bits per heavy atom. The van der Waals surface area contributed by atoms with Crippen LogP contribution in [0.5, 0.6) is 0 Å². The fraction of sp³-hybridized carbons (Fsp3) is 0.0769. The average Bonchev–Trinajstić information content (AvgIpc) is 2.91. The molecule has 1 unspecified atom stereocenters. The van der Waals surface area contributed by atoms with E-state index in [1.54, 1.807) is 11.3 Å². The molecule has 1 aliphatic heterocycles. The van der Waals surface area contributed by atoms with Crippen molar-refractivity contribution in [2.75, 3.05) is 5.32 Å². The fourth-order valence-electron chi connectivity index (χ4n) is 1.70. The summed E-state index contributed by atoms with van der Waals surface area (Å²) in [6.45, 7) is 0. The van der Waals surface area contributed by atoms with Gasteiger partial charge in [0.15, 0.2) is 0 Å². The van der Waals surface area contributed by atoms with Crippen LogP contribution in [0.25, 0.3) is 6.08 Å². The summed E-state index contributed by atoms with van der Waals surface area (Å²) in [6, 6.07) is 12.6. The number of fused-ring (bicyclic) bond motifs is 1. The monoisotopic (exact) mass is 323 g/mol. The number of halogens is 1. The number of hydrogen-bond acceptors (Lipinski definition) is 3. The van der Waals surface area contributed by atoms with Crippen LogP contribution in [0.2, 0.25) is 0 Å². The Hall–Kier alpha value is -0.710. The van der Waals surface area contributed by atoms with Gasteiger partial charge in [0.05, 0.1) is 9.16 Å². The second kappa shape index (κ2) is 4.88. The van der Waals surface area contributed by atoms with Gasteiger partial charge in [0.1, 0.15) is 0 Å². The summed E-state index contributed by atoms with van der Waals surface area (Å²) in [5.41, 5.74) is 1.24. The zero-order chi connectivity index (χ0) is 11.7. The van der Waals surface area contributed by atoms with Gasteiger partial charge in [-0.25, -0.2) is 0 Å². The molecule has 0 amide bonds. The molecule has 1 N–H and O–H groups in total.